The van der Waals surface area contributed by atoms with E-state index in [0.717, 1.165) is 11.0 Å². The van der Waals surface area contributed by atoms with Crippen molar-refractivity contribution in [3.8, 4) is 0 Å². The Labute approximate surface area is 190 Å². The van der Waals surface area contributed by atoms with E-state index in [1.54, 1.807) is 12.1 Å². The SMILES string of the molecule is CC(C)[C@@H](NC(=O)c1ccc2c(c1)S(=O)(=O)c1ccccc1C2=O)c1nc2ccccc2[nH]1. The Balaban J connectivity index is 1.50. The zero-order valence-corrected chi connectivity index (χ0v) is 18.8. The molecule has 3 aromatic carbocycles. The number of carbonyl (C=O) groups is 2. The lowest BCUT2D eigenvalue weighted by Gasteiger charge is -2.22. The van der Waals surface area contributed by atoms with E-state index >= 15 is 0 Å². The lowest BCUT2D eigenvalue weighted by Crippen LogP contribution is -2.33. The number of carbonyl (C=O) groups excluding carboxylic acids is 2. The van der Waals surface area contributed by atoms with Crippen LogP contribution in [0.2, 0.25) is 0 Å². The van der Waals surface area contributed by atoms with Gasteiger partial charge in [-0.2, -0.15) is 0 Å². The summed E-state index contributed by atoms with van der Waals surface area (Å²) in [5, 5.41) is 2.96. The molecule has 0 spiro atoms. The van der Waals surface area contributed by atoms with E-state index in [-0.39, 0.29) is 38.2 Å². The monoisotopic (exact) mass is 459 g/mol. The molecule has 4 aromatic rings. The minimum atomic E-state index is -3.92. The maximum Gasteiger partial charge on any atom is 0.251 e. The molecule has 1 atom stereocenters. The topological polar surface area (TPSA) is 109 Å². The second kappa shape index (κ2) is 7.67. The molecule has 166 valence electrons. The summed E-state index contributed by atoms with van der Waals surface area (Å²) in [5.74, 6) is -0.179. The third-order valence-electron chi connectivity index (χ3n) is 5.85. The van der Waals surface area contributed by atoms with Gasteiger partial charge in [0.2, 0.25) is 9.84 Å². The highest BCUT2D eigenvalue weighted by atomic mass is 32.2. The van der Waals surface area contributed by atoms with E-state index in [9.17, 15) is 18.0 Å². The first-order valence-corrected chi connectivity index (χ1v) is 12.0. The van der Waals surface area contributed by atoms with Crippen molar-refractivity contribution in [1.82, 2.24) is 15.3 Å². The molecule has 0 bridgehead atoms. The smallest absolute Gasteiger partial charge is 0.251 e. The summed E-state index contributed by atoms with van der Waals surface area (Å²) >= 11 is 0. The van der Waals surface area contributed by atoms with Crippen molar-refractivity contribution in [2.24, 2.45) is 5.92 Å². The van der Waals surface area contributed by atoms with Gasteiger partial charge < -0.3 is 10.3 Å². The van der Waals surface area contributed by atoms with Gasteiger partial charge in [0.25, 0.3) is 5.91 Å². The van der Waals surface area contributed by atoms with Crippen LogP contribution in [0.3, 0.4) is 0 Å². The average Bonchev–Trinajstić information content (AvgIpc) is 3.24. The molecule has 1 aliphatic rings. The molecule has 1 amide bonds. The van der Waals surface area contributed by atoms with E-state index in [4.69, 9.17) is 0 Å². The van der Waals surface area contributed by atoms with Crippen LogP contribution in [0.5, 0.6) is 0 Å². The van der Waals surface area contributed by atoms with Crippen LogP contribution < -0.4 is 5.32 Å². The van der Waals surface area contributed by atoms with E-state index in [1.807, 2.05) is 38.1 Å². The minimum Gasteiger partial charge on any atom is -0.342 e. The summed E-state index contributed by atoms with van der Waals surface area (Å²) < 4.78 is 26.3. The molecule has 0 fully saturated rings. The molecule has 1 aliphatic heterocycles. The largest absolute Gasteiger partial charge is 0.342 e. The summed E-state index contributed by atoms with van der Waals surface area (Å²) in [7, 11) is -3.92. The van der Waals surface area contributed by atoms with Gasteiger partial charge in [0, 0.05) is 16.7 Å². The zero-order valence-electron chi connectivity index (χ0n) is 18.0. The number of imidazole rings is 1. The van der Waals surface area contributed by atoms with Gasteiger partial charge in [-0.15, -0.1) is 0 Å². The minimum absolute atomic E-state index is 0.0179. The summed E-state index contributed by atoms with van der Waals surface area (Å²) in [5.41, 5.74) is 2.04. The van der Waals surface area contributed by atoms with Crippen molar-refractivity contribution in [3.63, 3.8) is 0 Å². The number of aromatic nitrogens is 2. The van der Waals surface area contributed by atoms with Crippen LogP contribution in [0.4, 0.5) is 0 Å². The van der Waals surface area contributed by atoms with Crippen LogP contribution >= 0.6 is 0 Å². The van der Waals surface area contributed by atoms with E-state index < -0.39 is 21.8 Å². The normalized spacial score (nSPS) is 15.2. The Bertz CT molecular complexity index is 1500. The quantitative estimate of drug-likeness (QED) is 0.421. The Morgan fingerprint density at radius 2 is 1.64 bits per heavy atom. The number of benzene rings is 3. The highest BCUT2D eigenvalue weighted by Gasteiger charge is 2.35. The van der Waals surface area contributed by atoms with Crippen molar-refractivity contribution >= 4 is 32.6 Å². The van der Waals surface area contributed by atoms with Crippen molar-refractivity contribution in [3.05, 3.63) is 89.2 Å². The van der Waals surface area contributed by atoms with Crippen LogP contribution in [0, 0.1) is 5.92 Å². The fraction of sp³-hybridized carbons (Fsp3) is 0.160. The summed E-state index contributed by atoms with van der Waals surface area (Å²) in [6.07, 6.45) is 0. The second-order valence-electron chi connectivity index (χ2n) is 8.37. The molecule has 8 heteroatoms. The van der Waals surface area contributed by atoms with Gasteiger partial charge in [-0.1, -0.05) is 38.1 Å². The molecular weight excluding hydrogens is 438 g/mol. The number of H-pyrrole nitrogens is 1. The van der Waals surface area contributed by atoms with Gasteiger partial charge >= 0.3 is 0 Å². The van der Waals surface area contributed by atoms with Crippen molar-refractivity contribution in [2.75, 3.05) is 0 Å². The van der Waals surface area contributed by atoms with Gasteiger partial charge in [-0.25, -0.2) is 13.4 Å². The molecule has 0 aliphatic carbocycles. The lowest BCUT2D eigenvalue weighted by molar-refractivity contribution is 0.0921. The summed E-state index contributed by atoms with van der Waals surface area (Å²) in [4.78, 5) is 33.6. The van der Waals surface area contributed by atoms with Crippen molar-refractivity contribution in [2.45, 2.75) is 29.7 Å². The molecule has 0 saturated carbocycles. The van der Waals surface area contributed by atoms with Gasteiger partial charge in [0.05, 0.1) is 26.9 Å². The van der Waals surface area contributed by atoms with Crippen molar-refractivity contribution < 1.29 is 18.0 Å². The predicted octanol–water partition coefficient (Wildman–Crippen LogP) is 4.07. The molecule has 0 radical (unpaired) electrons. The fourth-order valence-corrected chi connectivity index (χ4v) is 5.80. The zero-order chi connectivity index (χ0) is 23.3. The summed E-state index contributed by atoms with van der Waals surface area (Å²) in [6.45, 7) is 3.93. The Hall–Kier alpha value is -3.78. The number of para-hydroxylation sites is 2. The van der Waals surface area contributed by atoms with Crippen molar-refractivity contribution in [1.29, 1.82) is 0 Å². The number of fused-ring (bicyclic) bond motifs is 3. The first-order valence-electron chi connectivity index (χ1n) is 10.6. The number of nitrogens with zero attached hydrogens (tertiary/aromatic N) is 1. The van der Waals surface area contributed by atoms with Crippen LogP contribution in [-0.2, 0) is 9.84 Å². The molecule has 33 heavy (non-hydrogen) atoms. The Morgan fingerprint density at radius 1 is 0.939 bits per heavy atom. The fourth-order valence-electron chi connectivity index (χ4n) is 4.12. The molecule has 0 saturated heterocycles. The lowest BCUT2D eigenvalue weighted by atomic mass is 10.00. The van der Waals surface area contributed by atoms with Gasteiger partial charge in [0.1, 0.15) is 5.82 Å². The Morgan fingerprint density at radius 3 is 2.39 bits per heavy atom. The molecule has 0 unspecified atom stereocenters. The standard InChI is InChI=1S/C25H21N3O4S/c1-14(2)22(24-26-18-8-4-5-9-19(18)27-24)28-25(30)15-11-12-17-21(13-15)33(31,32)20-10-6-3-7-16(20)23(17)29/h3-14,22H,1-2H3,(H,26,27)(H,28,30)/t22-/m1/s1. The van der Waals surface area contributed by atoms with Crippen LogP contribution in [-0.4, -0.2) is 30.1 Å². The molecule has 2 N–H and O–H groups in total. The number of rotatable bonds is 4. The van der Waals surface area contributed by atoms with Crippen LogP contribution in [0.15, 0.2) is 76.5 Å². The number of hydrogen-bond donors (Lipinski definition) is 2. The van der Waals surface area contributed by atoms with E-state index in [2.05, 4.69) is 15.3 Å². The number of aromatic amines is 1. The number of ketones is 1. The van der Waals surface area contributed by atoms with Gasteiger partial charge in [-0.3, -0.25) is 9.59 Å². The van der Waals surface area contributed by atoms with Gasteiger partial charge in [-0.05, 0) is 48.4 Å². The average molecular weight is 460 g/mol. The van der Waals surface area contributed by atoms with Crippen LogP contribution in [0.1, 0.15) is 52.0 Å². The number of nitrogens with one attached hydrogen (secondary N) is 2. The molecule has 2 heterocycles. The maximum absolute atomic E-state index is 13.2. The molecule has 1 aromatic heterocycles. The molecular formula is C25H21N3O4S. The number of hydrogen-bond acceptors (Lipinski definition) is 5. The van der Waals surface area contributed by atoms with Gasteiger partial charge in [0.15, 0.2) is 5.78 Å². The predicted molar refractivity (Wildman–Crippen MR) is 123 cm³/mol. The third-order valence-corrected chi connectivity index (χ3v) is 7.71. The molecule has 5 rings (SSSR count). The second-order valence-corrected chi connectivity index (χ2v) is 10.3. The third kappa shape index (κ3) is 3.43. The highest BCUT2D eigenvalue weighted by molar-refractivity contribution is 7.91. The first-order chi connectivity index (χ1) is 15.8. The number of amides is 1. The maximum atomic E-state index is 13.2. The van der Waals surface area contributed by atoms with E-state index in [1.165, 1.54) is 30.3 Å². The van der Waals surface area contributed by atoms with Crippen LogP contribution in [0.25, 0.3) is 11.0 Å². The molecule has 7 nitrogen and oxygen atoms in total. The first kappa shape index (κ1) is 21.1. The number of sulfone groups is 1. The Kier molecular flexibility index (Phi) is 4.90. The van der Waals surface area contributed by atoms with E-state index in [0.29, 0.717) is 5.82 Å². The summed E-state index contributed by atoms with van der Waals surface area (Å²) in [6, 6.07) is 17.5. The highest BCUT2D eigenvalue weighted by Crippen LogP contribution is 2.35.